The molecule has 0 N–H and O–H groups in total. The number of benzene rings is 1. The fourth-order valence-corrected chi connectivity index (χ4v) is 4.61. The molecule has 2 aliphatic heterocycles. The third-order valence-corrected chi connectivity index (χ3v) is 6.64. The summed E-state index contributed by atoms with van der Waals surface area (Å²) in [6, 6.07) is 7.45. The van der Waals surface area contributed by atoms with Crippen LogP contribution in [0.4, 0.5) is 13.6 Å². The SMILES string of the molecule is COC(=O)n1c(C(=O)N2CCC(F)(F)CC2)cc2cc(OC3CCN(C(C)C)CC3)ccc21. The zero-order valence-electron chi connectivity index (χ0n) is 19.4. The molecule has 7 nitrogen and oxygen atoms in total. The van der Waals surface area contributed by atoms with E-state index in [1.165, 1.54) is 16.6 Å². The number of hydrogen-bond acceptors (Lipinski definition) is 5. The Balaban J connectivity index is 1.56. The van der Waals surface area contributed by atoms with Gasteiger partial charge in [-0.2, -0.15) is 0 Å². The second-order valence-electron chi connectivity index (χ2n) is 9.15. The summed E-state index contributed by atoms with van der Waals surface area (Å²) in [5.74, 6) is -2.55. The summed E-state index contributed by atoms with van der Waals surface area (Å²) >= 11 is 0. The van der Waals surface area contributed by atoms with E-state index in [4.69, 9.17) is 9.47 Å². The minimum atomic E-state index is -2.76. The van der Waals surface area contributed by atoms with Crippen LogP contribution in [0.5, 0.6) is 5.75 Å². The van der Waals surface area contributed by atoms with Gasteiger partial charge in [0.1, 0.15) is 17.5 Å². The Hall–Kier alpha value is -2.68. The Bertz CT molecular complexity index is 1020. The smallest absolute Gasteiger partial charge is 0.418 e. The van der Waals surface area contributed by atoms with Crippen LogP contribution in [0.2, 0.25) is 0 Å². The number of methoxy groups -OCH3 is 1. The van der Waals surface area contributed by atoms with Crippen LogP contribution in [0, 0.1) is 0 Å². The summed E-state index contributed by atoms with van der Waals surface area (Å²) in [5.41, 5.74) is 0.610. The molecule has 2 aliphatic rings. The number of carbonyl (C=O) groups is 2. The number of fused-ring (bicyclic) bond motifs is 1. The van der Waals surface area contributed by atoms with E-state index < -0.39 is 17.9 Å². The first kappa shape index (κ1) is 23.5. The molecule has 0 radical (unpaired) electrons. The molecule has 0 unspecified atom stereocenters. The third kappa shape index (κ3) is 4.98. The normalized spacial score (nSPS) is 19.8. The summed E-state index contributed by atoms with van der Waals surface area (Å²) in [4.78, 5) is 29.4. The average molecular weight is 464 g/mol. The number of halogens is 2. The molecule has 3 heterocycles. The first-order chi connectivity index (χ1) is 15.7. The predicted molar refractivity (Wildman–Crippen MR) is 120 cm³/mol. The molecule has 0 saturated carbocycles. The second-order valence-corrected chi connectivity index (χ2v) is 9.15. The topological polar surface area (TPSA) is 64.0 Å². The standard InChI is InChI=1S/C24H31F2N3O4/c1-16(2)27-10-6-18(7-11-27)33-19-4-5-20-17(14-19)15-21(29(20)23(31)32-3)22(30)28-12-8-24(25,26)9-13-28/h4-5,14-16,18H,6-13H2,1-3H3. The molecule has 0 bridgehead atoms. The lowest BCUT2D eigenvalue weighted by Crippen LogP contribution is -2.43. The molecular formula is C24H31F2N3O4. The van der Waals surface area contributed by atoms with Crippen molar-refractivity contribution in [1.29, 1.82) is 0 Å². The Labute approximate surface area is 192 Å². The van der Waals surface area contributed by atoms with Gasteiger partial charge in [0, 0.05) is 50.4 Å². The van der Waals surface area contributed by atoms with Crippen molar-refractivity contribution < 1.29 is 27.8 Å². The molecule has 2 fully saturated rings. The van der Waals surface area contributed by atoms with Crippen molar-refractivity contribution in [3.05, 3.63) is 30.0 Å². The molecule has 33 heavy (non-hydrogen) atoms. The Morgan fingerprint density at radius 3 is 2.33 bits per heavy atom. The maximum atomic E-state index is 13.5. The largest absolute Gasteiger partial charge is 0.490 e. The summed E-state index contributed by atoms with van der Waals surface area (Å²) < 4.78 is 39.4. The minimum Gasteiger partial charge on any atom is -0.490 e. The Kier molecular flexibility index (Phi) is 6.61. The fourth-order valence-electron chi connectivity index (χ4n) is 4.61. The lowest BCUT2D eigenvalue weighted by molar-refractivity contribution is -0.0495. The fraction of sp³-hybridized carbons (Fsp3) is 0.583. The second kappa shape index (κ2) is 9.29. The molecule has 4 rings (SSSR count). The number of amides is 1. The molecule has 180 valence electrons. The Morgan fingerprint density at radius 1 is 1.06 bits per heavy atom. The van der Waals surface area contributed by atoms with Crippen LogP contribution in [0.25, 0.3) is 10.9 Å². The third-order valence-electron chi connectivity index (χ3n) is 6.64. The molecule has 1 amide bonds. The van der Waals surface area contributed by atoms with Crippen LogP contribution < -0.4 is 4.74 Å². The van der Waals surface area contributed by atoms with Crippen molar-refractivity contribution in [2.75, 3.05) is 33.3 Å². The van der Waals surface area contributed by atoms with Crippen molar-refractivity contribution in [3.8, 4) is 5.75 Å². The number of alkyl halides is 2. The number of aromatic nitrogens is 1. The van der Waals surface area contributed by atoms with E-state index in [2.05, 4.69) is 18.7 Å². The molecule has 2 aromatic rings. The molecular weight excluding hydrogens is 432 g/mol. The monoisotopic (exact) mass is 463 g/mol. The van der Waals surface area contributed by atoms with Crippen LogP contribution >= 0.6 is 0 Å². The summed E-state index contributed by atoms with van der Waals surface area (Å²) in [6.07, 6.45) is 0.503. The number of carbonyl (C=O) groups excluding carboxylic acids is 2. The highest BCUT2D eigenvalue weighted by Crippen LogP contribution is 2.31. The van der Waals surface area contributed by atoms with Gasteiger partial charge in [-0.15, -0.1) is 0 Å². The van der Waals surface area contributed by atoms with Crippen LogP contribution in [-0.4, -0.2) is 77.7 Å². The van der Waals surface area contributed by atoms with E-state index in [0.717, 1.165) is 25.9 Å². The maximum absolute atomic E-state index is 13.5. The molecule has 1 aromatic carbocycles. The van der Waals surface area contributed by atoms with Crippen molar-refractivity contribution in [3.63, 3.8) is 0 Å². The van der Waals surface area contributed by atoms with Gasteiger partial charge in [0.05, 0.1) is 12.6 Å². The van der Waals surface area contributed by atoms with E-state index in [-0.39, 0.29) is 37.7 Å². The number of ether oxygens (including phenoxy) is 2. The zero-order valence-corrected chi connectivity index (χ0v) is 19.4. The highest BCUT2D eigenvalue weighted by atomic mass is 19.3. The number of nitrogens with zero attached hydrogens (tertiary/aromatic N) is 3. The quantitative estimate of drug-likeness (QED) is 0.674. The lowest BCUT2D eigenvalue weighted by atomic mass is 10.1. The molecule has 9 heteroatoms. The number of hydrogen-bond donors (Lipinski definition) is 0. The van der Waals surface area contributed by atoms with Crippen LogP contribution in [0.15, 0.2) is 24.3 Å². The van der Waals surface area contributed by atoms with Gasteiger partial charge in [0.15, 0.2) is 0 Å². The number of rotatable bonds is 4. The lowest BCUT2D eigenvalue weighted by Gasteiger charge is -2.34. The summed E-state index contributed by atoms with van der Waals surface area (Å²) in [7, 11) is 1.24. The first-order valence-electron chi connectivity index (χ1n) is 11.5. The van der Waals surface area contributed by atoms with Crippen molar-refractivity contribution in [1.82, 2.24) is 14.4 Å². The number of likely N-dealkylation sites (tertiary alicyclic amines) is 2. The molecule has 0 atom stereocenters. The van der Waals surface area contributed by atoms with E-state index in [0.29, 0.717) is 22.7 Å². The van der Waals surface area contributed by atoms with Crippen molar-refractivity contribution in [2.45, 2.75) is 57.6 Å². The van der Waals surface area contributed by atoms with Gasteiger partial charge in [-0.1, -0.05) is 0 Å². The maximum Gasteiger partial charge on any atom is 0.418 e. The van der Waals surface area contributed by atoms with Gasteiger partial charge in [-0.25, -0.2) is 18.1 Å². The predicted octanol–water partition coefficient (Wildman–Crippen LogP) is 4.38. The van der Waals surface area contributed by atoms with Gasteiger partial charge in [0.2, 0.25) is 0 Å². The highest BCUT2D eigenvalue weighted by Gasteiger charge is 2.37. The molecule has 1 aromatic heterocycles. The van der Waals surface area contributed by atoms with Crippen LogP contribution in [-0.2, 0) is 4.74 Å². The van der Waals surface area contributed by atoms with Gasteiger partial charge < -0.3 is 19.3 Å². The van der Waals surface area contributed by atoms with Gasteiger partial charge in [-0.05, 0) is 51.0 Å². The van der Waals surface area contributed by atoms with Gasteiger partial charge in [-0.3, -0.25) is 4.79 Å². The minimum absolute atomic E-state index is 0.0576. The van der Waals surface area contributed by atoms with Crippen molar-refractivity contribution >= 4 is 22.9 Å². The van der Waals surface area contributed by atoms with E-state index >= 15 is 0 Å². The molecule has 0 aliphatic carbocycles. The van der Waals surface area contributed by atoms with E-state index in [1.54, 1.807) is 18.2 Å². The molecule has 0 spiro atoms. The van der Waals surface area contributed by atoms with Gasteiger partial charge >= 0.3 is 6.09 Å². The van der Waals surface area contributed by atoms with Crippen molar-refractivity contribution in [2.24, 2.45) is 0 Å². The summed E-state index contributed by atoms with van der Waals surface area (Å²) in [5, 5.41) is 0.656. The Morgan fingerprint density at radius 2 is 1.73 bits per heavy atom. The van der Waals surface area contributed by atoms with E-state index in [1.807, 2.05) is 6.07 Å². The van der Waals surface area contributed by atoms with Gasteiger partial charge in [0.25, 0.3) is 11.8 Å². The van der Waals surface area contributed by atoms with E-state index in [9.17, 15) is 18.4 Å². The van der Waals surface area contributed by atoms with Crippen LogP contribution in [0.3, 0.4) is 0 Å². The molecule has 2 saturated heterocycles. The average Bonchev–Trinajstić information content (AvgIpc) is 3.17. The first-order valence-corrected chi connectivity index (χ1v) is 11.5. The van der Waals surface area contributed by atoms with Crippen LogP contribution in [0.1, 0.15) is 50.0 Å². The highest BCUT2D eigenvalue weighted by molar-refractivity contribution is 6.04. The zero-order chi connectivity index (χ0) is 23.8. The number of piperidine rings is 2. The summed E-state index contributed by atoms with van der Waals surface area (Å²) in [6.45, 7) is 6.23.